The largest absolute Gasteiger partial charge is 0.493 e. The van der Waals surface area contributed by atoms with Gasteiger partial charge in [-0.05, 0) is 75.3 Å². The molecule has 10 heteroatoms. The molecule has 1 aliphatic rings. The van der Waals surface area contributed by atoms with Crippen molar-refractivity contribution in [2.75, 3.05) is 40.3 Å². The molecule has 44 heavy (non-hydrogen) atoms. The van der Waals surface area contributed by atoms with E-state index in [0.29, 0.717) is 68.3 Å². The minimum absolute atomic E-state index is 0.114. The fraction of sp³-hybridized carbons (Fsp3) is 0.471. The SMILES string of the molecule is Cc1n[nH]c(C)c1CCC(=O)N1CCCCOc2ccc(Cl)cc2C(=O)N(C)[C@@H](Cc2ccccc2)C(=O)N(C)CCCC1. The van der Waals surface area contributed by atoms with Crippen molar-refractivity contribution >= 4 is 29.3 Å². The zero-order valence-corrected chi connectivity index (χ0v) is 27.0. The molecule has 1 atom stereocenters. The van der Waals surface area contributed by atoms with E-state index >= 15 is 0 Å². The molecule has 1 N–H and O–H groups in total. The Morgan fingerprint density at radius 2 is 1.70 bits per heavy atom. The molecule has 3 amide bonds. The van der Waals surface area contributed by atoms with Gasteiger partial charge in [0.05, 0.1) is 17.9 Å². The second-order valence-electron chi connectivity index (χ2n) is 11.6. The van der Waals surface area contributed by atoms with Crippen molar-refractivity contribution in [2.24, 2.45) is 0 Å². The van der Waals surface area contributed by atoms with Gasteiger partial charge in [-0.1, -0.05) is 41.9 Å². The average Bonchev–Trinajstić information content (AvgIpc) is 3.35. The summed E-state index contributed by atoms with van der Waals surface area (Å²) >= 11 is 6.32. The number of aryl methyl sites for hydroxylation is 2. The lowest BCUT2D eigenvalue weighted by atomic mass is 10.0. The maximum Gasteiger partial charge on any atom is 0.258 e. The fourth-order valence-electron chi connectivity index (χ4n) is 5.65. The van der Waals surface area contributed by atoms with E-state index in [2.05, 4.69) is 10.2 Å². The lowest BCUT2D eigenvalue weighted by Gasteiger charge is -2.31. The van der Waals surface area contributed by atoms with Crippen LogP contribution in [0.3, 0.4) is 0 Å². The van der Waals surface area contributed by atoms with E-state index < -0.39 is 6.04 Å². The smallest absolute Gasteiger partial charge is 0.258 e. The summed E-state index contributed by atoms with van der Waals surface area (Å²) in [5.41, 5.74) is 4.31. The van der Waals surface area contributed by atoms with Gasteiger partial charge >= 0.3 is 0 Å². The average molecular weight is 622 g/mol. The number of nitrogens with one attached hydrogen (secondary N) is 1. The number of likely N-dealkylation sites (N-methyl/N-ethyl adjacent to an activating group) is 2. The third kappa shape index (κ3) is 8.62. The molecule has 2 aromatic carbocycles. The zero-order valence-electron chi connectivity index (χ0n) is 26.3. The summed E-state index contributed by atoms with van der Waals surface area (Å²) in [5.74, 6) is 0.0729. The van der Waals surface area contributed by atoms with Crippen LogP contribution in [0.4, 0.5) is 0 Å². The molecule has 0 fully saturated rings. The summed E-state index contributed by atoms with van der Waals surface area (Å²) in [6.45, 7) is 6.09. The molecule has 0 radical (unpaired) electrons. The van der Waals surface area contributed by atoms with Crippen molar-refractivity contribution in [1.82, 2.24) is 24.9 Å². The Labute approximate surface area is 265 Å². The third-order valence-electron chi connectivity index (χ3n) is 8.37. The highest BCUT2D eigenvalue weighted by Gasteiger charge is 2.31. The molecule has 0 unspecified atom stereocenters. The molecule has 0 bridgehead atoms. The molecule has 0 aliphatic carbocycles. The van der Waals surface area contributed by atoms with E-state index in [1.165, 1.54) is 4.90 Å². The minimum Gasteiger partial charge on any atom is -0.493 e. The van der Waals surface area contributed by atoms with Crippen LogP contribution in [0.2, 0.25) is 5.02 Å². The van der Waals surface area contributed by atoms with Gasteiger partial charge in [0.1, 0.15) is 11.8 Å². The van der Waals surface area contributed by atoms with Crippen LogP contribution in [0.15, 0.2) is 48.5 Å². The third-order valence-corrected chi connectivity index (χ3v) is 8.60. The first-order valence-corrected chi connectivity index (χ1v) is 15.8. The van der Waals surface area contributed by atoms with Crippen LogP contribution < -0.4 is 4.74 Å². The van der Waals surface area contributed by atoms with Crippen molar-refractivity contribution in [2.45, 2.75) is 64.8 Å². The molecular formula is C34H44ClN5O4. The fourth-order valence-corrected chi connectivity index (χ4v) is 5.82. The maximum absolute atomic E-state index is 13.9. The summed E-state index contributed by atoms with van der Waals surface area (Å²) in [5, 5.41) is 7.67. The Hall–Kier alpha value is -3.85. The molecule has 1 aliphatic heterocycles. The Morgan fingerprint density at radius 1 is 1.00 bits per heavy atom. The van der Waals surface area contributed by atoms with Crippen molar-refractivity contribution in [3.63, 3.8) is 0 Å². The highest BCUT2D eigenvalue weighted by Crippen LogP contribution is 2.26. The number of halogens is 1. The number of amides is 3. The topological polar surface area (TPSA) is 98.8 Å². The number of fused-ring (bicyclic) bond motifs is 1. The first kappa shape index (κ1) is 33.1. The summed E-state index contributed by atoms with van der Waals surface area (Å²) in [6, 6.07) is 14.0. The predicted octanol–water partition coefficient (Wildman–Crippen LogP) is 5.24. The second-order valence-corrected chi connectivity index (χ2v) is 12.0. The number of H-pyrrole nitrogens is 1. The Balaban J connectivity index is 1.54. The number of hydrogen-bond acceptors (Lipinski definition) is 5. The Kier molecular flexibility index (Phi) is 11.8. The minimum atomic E-state index is -0.717. The summed E-state index contributed by atoms with van der Waals surface area (Å²) in [6.07, 6.45) is 4.43. The van der Waals surface area contributed by atoms with E-state index in [-0.39, 0.29) is 17.7 Å². The van der Waals surface area contributed by atoms with Crippen LogP contribution in [0.25, 0.3) is 0 Å². The first-order valence-electron chi connectivity index (χ1n) is 15.4. The highest BCUT2D eigenvalue weighted by molar-refractivity contribution is 6.31. The number of aromatic nitrogens is 2. The Bertz CT molecular complexity index is 1410. The van der Waals surface area contributed by atoms with Gasteiger partial charge < -0.3 is 19.4 Å². The second kappa shape index (κ2) is 15.7. The number of benzene rings is 2. The van der Waals surface area contributed by atoms with E-state index in [9.17, 15) is 14.4 Å². The van der Waals surface area contributed by atoms with Crippen molar-refractivity contribution in [1.29, 1.82) is 0 Å². The first-order chi connectivity index (χ1) is 21.2. The normalized spacial score (nSPS) is 17.7. The predicted molar refractivity (Wildman–Crippen MR) is 172 cm³/mol. The van der Waals surface area contributed by atoms with Gasteiger partial charge in [-0.15, -0.1) is 0 Å². The molecule has 4 rings (SSSR count). The van der Waals surface area contributed by atoms with Crippen LogP contribution in [0, 0.1) is 13.8 Å². The van der Waals surface area contributed by atoms with Crippen molar-refractivity contribution in [3.05, 3.63) is 81.6 Å². The number of carbonyl (C=O) groups is 3. The molecule has 3 aromatic rings. The van der Waals surface area contributed by atoms with E-state index in [1.807, 2.05) is 49.1 Å². The number of carbonyl (C=O) groups excluding carboxylic acids is 3. The molecule has 0 spiro atoms. The van der Waals surface area contributed by atoms with Crippen molar-refractivity contribution < 1.29 is 19.1 Å². The summed E-state index contributed by atoms with van der Waals surface area (Å²) < 4.78 is 6.09. The van der Waals surface area contributed by atoms with E-state index in [4.69, 9.17) is 16.3 Å². The standard InChI is InChI=1S/C34H44ClN5O4/c1-24-28(25(2)37-36-24)15-17-32(41)40-19-9-8-18-38(3)34(43)30(22-26-12-6-5-7-13-26)39(4)33(42)29-23-27(35)14-16-31(29)44-21-11-10-20-40/h5-7,12-14,16,23,30H,8-11,15,17-22H2,1-4H3,(H,36,37)/t30-/m0/s1. The van der Waals surface area contributed by atoms with Crippen LogP contribution in [0.1, 0.15) is 65.0 Å². The van der Waals surface area contributed by atoms with Gasteiger partial charge in [0.25, 0.3) is 5.91 Å². The molecule has 236 valence electrons. The number of rotatable bonds is 5. The summed E-state index contributed by atoms with van der Waals surface area (Å²) in [4.78, 5) is 46.2. The molecule has 2 heterocycles. The molecular weight excluding hydrogens is 578 g/mol. The maximum atomic E-state index is 13.9. The van der Waals surface area contributed by atoms with Crippen LogP contribution in [-0.4, -0.2) is 89.0 Å². The molecule has 0 saturated heterocycles. The lowest BCUT2D eigenvalue weighted by molar-refractivity contribution is -0.135. The summed E-state index contributed by atoms with van der Waals surface area (Å²) in [7, 11) is 3.44. The molecule has 0 saturated carbocycles. The molecule has 1 aromatic heterocycles. The van der Waals surface area contributed by atoms with Gasteiger partial charge in [-0.25, -0.2) is 0 Å². The Morgan fingerprint density at radius 3 is 2.41 bits per heavy atom. The highest BCUT2D eigenvalue weighted by atomic mass is 35.5. The zero-order chi connectivity index (χ0) is 31.6. The lowest BCUT2D eigenvalue weighted by Crippen LogP contribution is -2.49. The van der Waals surface area contributed by atoms with E-state index in [1.54, 1.807) is 37.2 Å². The van der Waals surface area contributed by atoms with Crippen molar-refractivity contribution in [3.8, 4) is 5.75 Å². The van der Waals surface area contributed by atoms with Gasteiger partial charge in [0.15, 0.2) is 0 Å². The van der Waals surface area contributed by atoms with Gasteiger partial charge in [-0.3, -0.25) is 19.5 Å². The molecule has 9 nitrogen and oxygen atoms in total. The quantitative estimate of drug-likeness (QED) is 0.420. The number of nitrogens with zero attached hydrogens (tertiary/aromatic N) is 4. The number of hydrogen-bond donors (Lipinski definition) is 1. The van der Waals surface area contributed by atoms with Crippen LogP contribution in [0.5, 0.6) is 5.75 Å². The van der Waals surface area contributed by atoms with Gasteiger partial charge in [0.2, 0.25) is 11.8 Å². The monoisotopic (exact) mass is 621 g/mol. The van der Waals surface area contributed by atoms with Gasteiger partial charge in [-0.2, -0.15) is 5.10 Å². The number of aromatic amines is 1. The van der Waals surface area contributed by atoms with Crippen LogP contribution >= 0.6 is 11.6 Å². The van der Waals surface area contributed by atoms with Crippen LogP contribution in [-0.2, 0) is 22.4 Å². The van der Waals surface area contributed by atoms with Gasteiger partial charge in [0, 0.05) is 57.3 Å². The van der Waals surface area contributed by atoms with E-state index in [0.717, 1.165) is 41.8 Å². The number of ether oxygens (including phenoxy) is 1.